The molecule has 0 spiro atoms. The molecular weight excluding hydrogens is 114 g/mol. The van der Waals surface area contributed by atoms with Crippen molar-refractivity contribution in [2.24, 2.45) is 0 Å². The zero-order chi connectivity index (χ0) is 6.57. The fraction of sp³-hybridized carbons (Fsp3) is 0.333. The Labute approximate surface area is 44.9 Å². The molecule has 0 bridgehead atoms. The number of aliphatic hydroxyl groups is 1. The molecule has 0 heterocycles. The molecule has 0 aromatic rings. The van der Waals surface area contributed by atoms with Crippen molar-refractivity contribution >= 4 is 11.7 Å². The lowest BCUT2D eigenvalue weighted by molar-refractivity contribution is -0.144. The second-order valence-corrected chi connectivity index (χ2v) is 1.02. The normalized spacial score (nSPS) is 8.25. The number of hydroxylamine groups is 1. The van der Waals surface area contributed by atoms with Crippen LogP contribution in [-0.4, -0.2) is 28.6 Å². The van der Waals surface area contributed by atoms with E-state index in [-0.39, 0.29) is 0 Å². The fourth-order valence-corrected chi connectivity index (χ4v) is 0.134. The van der Waals surface area contributed by atoms with E-state index in [1.54, 1.807) is 0 Å². The zero-order valence-electron chi connectivity index (χ0n) is 3.92. The van der Waals surface area contributed by atoms with Gasteiger partial charge >= 0.3 is 5.91 Å². The standard InChI is InChI=1S/C3H5NO4/c5-1-2(6)3(7)4-8/h5,8H,1H2,(H,4,7). The van der Waals surface area contributed by atoms with Gasteiger partial charge in [-0.15, -0.1) is 0 Å². The van der Waals surface area contributed by atoms with Crippen molar-refractivity contribution in [1.29, 1.82) is 0 Å². The Morgan fingerprint density at radius 2 is 2.00 bits per heavy atom. The third-order valence-electron chi connectivity index (χ3n) is 0.498. The minimum atomic E-state index is -1.20. The molecule has 0 aliphatic rings. The maximum absolute atomic E-state index is 9.92. The molecule has 0 aromatic heterocycles. The van der Waals surface area contributed by atoms with Gasteiger partial charge in [-0.25, -0.2) is 5.48 Å². The summed E-state index contributed by atoms with van der Waals surface area (Å²) in [6, 6.07) is 0. The van der Waals surface area contributed by atoms with Gasteiger partial charge in [-0.3, -0.25) is 14.8 Å². The first-order valence-corrected chi connectivity index (χ1v) is 1.80. The van der Waals surface area contributed by atoms with Crippen molar-refractivity contribution in [2.45, 2.75) is 0 Å². The molecule has 0 aromatic carbocycles. The van der Waals surface area contributed by atoms with E-state index in [2.05, 4.69) is 0 Å². The van der Waals surface area contributed by atoms with Gasteiger partial charge < -0.3 is 5.11 Å². The smallest absolute Gasteiger partial charge is 0.313 e. The summed E-state index contributed by atoms with van der Waals surface area (Å²) in [5, 5.41) is 15.6. The van der Waals surface area contributed by atoms with Crippen LogP contribution < -0.4 is 5.48 Å². The van der Waals surface area contributed by atoms with Crippen LogP contribution in [0.3, 0.4) is 0 Å². The molecule has 5 heteroatoms. The number of hydrogen-bond acceptors (Lipinski definition) is 4. The molecule has 8 heavy (non-hydrogen) atoms. The Morgan fingerprint density at radius 1 is 1.50 bits per heavy atom. The van der Waals surface area contributed by atoms with E-state index in [9.17, 15) is 9.59 Å². The summed E-state index contributed by atoms with van der Waals surface area (Å²) in [5.41, 5.74) is 1.07. The summed E-state index contributed by atoms with van der Waals surface area (Å²) >= 11 is 0. The summed E-state index contributed by atoms with van der Waals surface area (Å²) < 4.78 is 0. The van der Waals surface area contributed by atoms with E-state index >= 15 is 0 Å². The van der Waals surface area contributed by atoms with Crippen LogP contribution in [0.2, 0.25) is 0 Å². The number of ketones is 1. The molecule has 5 nitrogen and oxygen atoms in total. The highest BCUT2D eigenvalue weighted by Gasteiger charge is 2.08. The van der Waals surface area contributed by atoms with Crippen LogP contribution in [0.25, 0.3) is 0 Å². The number of nitrogens with one attached hydrogen (secondary N) is 1. The van der Waals surface area contributed by atoms with Gasteiger partial charge in [0, 0.05) is 0 Å². The number of carbonyl (C=O) groups excluding carboxylic acids is 2. The number of hydrogen-bond donors (Lipinski definition) is 3. The molecule has 0 aliphatic carbocycles. The van der Waals surface area contributed by atoms with E-state index in [1.807, 2.05) is 0 Å². The third kappa shape index (κ3) is 1.67. The van der Waals surface area contributed by atoms with Gasteiger partial charge in [-0.2, -0.15) is 0 Å². The SMILES string of the molecule is O=C(CO)C(=O)NO. The molecule has 46 valence electrons. The minimum absolute atomic E-state index is 0.883. The third-order valence-corrected chi connectivity index (χ3v) is 0.498. The van der Waals surface area contributed by atoms with Crippen LogP contribution in [0.15, 0.2) is 0 Å². The van der Waals surface area contributed by atoms with Crippen molar-refractivity contribution in [1.82, 2.24) is 5.48 Å². The highest BCUT2D eigenvalue weighted by atomic mass is 16.5. The average molecular weight is 119 g/mol. The zero-order valence-corrected chi connectivity index (χ0v) is 3.92. The second-order valence-electron chi connectivity index (χ2n) is 1.02. The van der Waals surface area contributed by atoms with Crippen molar-refractivity contribution in [3.63, 3.8) is 0 Å². The van der Waals surface area contributed by atoms with Gasteiger partial charge in [-0.1, -0.05) is 0 Å². The Hall–Kier alpha value is -0.940. The van der Waals surface area contributed by atoms with E-state index in [1.165, 1.54) is 0 Å². The van der Waals surface area contributed by atoms with Crippen LogP contribution in [0.1, 0.15) is 0 Å². The van der Waals surface area contributed by atoms with Crippen LogP contribution in [0.4, 0.5) is 0 Å². The van der Waals surface area contributed by atoms with Crippen LogP contribution in [0, 0.1) is 0 Å². The monoisotopic (exact) mass is 119 g/mol. The van der Waals surface area contributed by atoms with Crippen LogP contribution in [-0.2, 0) is 9.59 Å². The second kappa shape index (κ2) is 3.11. The lowest BCUT2D eigenvalue weighted by Gasteiger charge is -1.89. The molecule has 0 rings (SSSR count). The maximum Gasteiger partial charge on any atom is 0.313 e. The Morgan fingerprint density at radius 3 is 2.12 bits per heavy atom. The summed E-state index contributed by atoms with van der Waals surface area (Å²) in [5.74, 6) is -2.26. The van der Waals surface area contributed by atoms with E-state index in [0.717, 1.165) is 5.48 Å². The van der Waals surface area contributed by atoms with Gasteiger partial charge in [0.1, 0.15) is 6.61 Å². The summed E-state index contributed by atoms with van der Waals surface area (Å²) in [4.78, 5) is 19.8. The quantitative estimate of drug-likeness (QED) is 0.224. The molecule has 0 saturated heterocycles. The Kier molecular flexibility index (Phi) is 2.75. The molecule has 0 aliphatic heterocycles. The molecule has 0 radical (unpaired) electrons. The van der Waals surface area contributed by atoms with Crippen LogP contribution in [0.5, 0.6) is 0 Å². The van der Waals surface area contributed by atoms with Gasteiger partial charge in [0.05, 0.1) is 0 Å². The number of Topliss-reactive ketones (excluding diaryl/α,β-unsaturated/α-hetero) is 1. The molecule has 0 fully saturated rings. The first kappa shape index (κ1) is 7.06. The predicted molar refractivity (Wildman–Crippen MR) is 22.0 cm³/mol. The van der Waals surface area contributed by atoms with E-state index in [4.69, 9.17) is 10.3 Å². The number of aliphatic hydroxyl groups excluding tert-OH is 1. The van der Waals surface area contributed by atoms with Crippen molar-refractivity contribution in [2.75, 3.05) is 6.61 Å². The van der Waals surface area contributed by atoms with Gasteiger partial charge in [0.2, 0.25) is 5.78 Å². The number of rotatable bonds is 2. The maximum atomic E-state index is 9.92. The van der Waals surface area contributed by atoms with Crippen LogP contribution >= 0.6 is 0 Å². The van der Waals surface area contributed by atoms with Crippen molar-refractivity contribution < 1.29 is 19.9 Å². The topological polar surface area (TPSA) is 86.6 Å². The van der Waals surface area contributed by atoms with E-state index < -0.39 is 18.3 Å². The minimum Gasteiger partial charge on any atom is -0.388 e. The summed E-state index contributed by atoms with van der Waals surface area (Å²) in [6.45, 7) is -0.883. The molecule has 0 atom stereocenters. The Balaban J connectivity index is 3.64. The first-order valence-electron chi connectivity index (χ1n) is 1.80. The van der Waals surface area contributed by atoms with Gasteiger partial charge in [0.25, 0.3) is 0 Å². The first-order chi connectivity index (χ1) is 3.72. The largest absolute Gasteiger partial charge is 0.388 e. The van der Waals surface area contributed by atoms with Crippen molar-refractivity contribution in [3.05, 3.63) is 0 Å². The van der Waals surface area contributed by atoms with Gasteiger partial charge in [0.15, 0.2) is 0 Å². The summed E-state index contributed by atoms with van der Waals surface area (Å²) in [7, 11) is 0. The average Bonchev–Trinajstić information content (AvgIpc) is 1.84. The fourth-order valence-electron chi connectivity index (χ4n) is 0.134. The summed E-state index contributed by atoms with van der Waals surface area (Å²) in [6.07, 6.45) is 0. The van der Waals surface area contributed by atoms with Crippen molar-refractivity contribution in [3.8, 4) is 0 Å². The molecule has 1 amide bonds. The molecule has 0 unspecified atom stereocenters. The van der Waals surface area contributed by atoms with E-state index in [0.29, 0.717) is 0 Å². The molecule has 3 N–H and O–H groups in total. The number of amides is 1. The lowest BCUT2D eigenvalue weighted by Crippen LogP contribution is -2.29. The highest BCUT2D eigenvalue weighted by Crippen LogP contribution is 1.65. The predicted octanol–water partition coefficient (Wildman–Crippen LogP) is -1.95. The lowest BCUT2D eigenvalue weighted by atomic mass is 10.4. The molecular formula is C3H5NO4. The van der Waals surface area contributed by atoms with Gasteiger partial charge in [-0.05, 0) is 0 Å². The molecule has 0 saturated carbocycles. The number of carbonyl (C=O) groups is 2. The Bertz CT molecular complexity index is 95.9. The highest BCUT2D eigenvalue weighted by molar-refractivity contribution is 6.36.